The molecule has 0 spiro atoms. The summed E-state index contributed by atoms with van der Waals surface area (Å²) in [7, 11) is 0. The highest BCUT2D eigenvalue weighted by Gasteiger charge is 2.19. The van der Waals surface area contributed by atoms with Crippen molar-refractivity contribution >= 4 is 29.6 Å². The first-order valence-electron chi connectivity index (χ1n) is 5.82. The van der Waals surface area contributed by atoms with E-state index in [4.69, 9.17) is 10.2 Å². The van der Waals surface area contributed by atoms with Crippen molar-refractivity contribution in [2.45, 2.75) is 5.75 Å². The standard InChI is InChI=1S/C13H15NO5S/c15-11(14(6-12(16)17)7-13(18)19)9-20-8-10-4-2-1-3-5-10/h1-5H,6-9H2,(H,16,17)(H,18,19). The number of nitrogens with zero attached hydrogens (tertiary/aromatic N) is 1. The van der Waals surface area contributed by atoms with Gasteiger partial charge in [0.15, 0.2) is 0 Å². The van der Waals surface area contributed by atoms with Crippen LogP contribution in [-0.4, -0.2) is 51.8 Å². The van der Waals surface area contributed by atoms with Crippen molar-refractivity contribution in [3.8, 4) is 0 Å². The van der Waals surface area contributed by atoms with Gasteiger partial charge in [-0.2, -0.15) is 0 Å². The Labute approximate surface area is 120 Å². The average Bonchev–Trinajstić information content (AvgIpc) is 2.38. The van der Waals surface area contributed by atoms with Crippen LogP contribution in [0.1, 0.15) is 5.56 Å². The maximum absolute atomic E-state index is 11.8. The van der Waals surface area contributed by atoms with E-state index in [1.807, 2.05) is 30.3 Å². The van der Waals surface area contributed by atoms with E-state index >= 15 is 0 Å². The van der Waals surface area contributed by atoms with Crippen molar-refractivity contribution in [1.29, 1.82) is 0 Å². The van der Waals surface area contributed by atoms with Crippen LogP contribution in [0.3, 0.4) is 0 Å². The summed E-state index contributed by atoms with van der Waals surface area (Å²) in [4.78, 5) is 33.8. The number of carbonyl (C=O) groups excluding carboxylic acids is 1. The number of hydrogen-bond donors (Lipinski definition) is 2. The minimum Gasteiger partial charge on any atom is -0.480 e. The Morgan fingerprint density at radius 1 is 1.00 bits per heavy atom. The molecule has 2 N–H and O–H groups in total. The molecule has 0 heterocycles. The van der Waals surface area contributed by atoms with Gasteiger partial charge in [0.05, 0.1) is 5.75 Å². The molecule has 0 unspecified atom stereocenters. The molecule has 0 saturated heterocycles. The van der Waals surface area contributed by atoms with Crippen LogP contribution in [0, 0.1) is 0 Å². The summed E-state index contributed by atoms with van der Waals surface area (Å²) in [6.07, 6.45) is 0. The average molecular weight is 297 g/mol. The zero-order valence-electron chi connectivity index (χ0n) is 10.7. The molecule has 1 amide bonds. The second kappa shape index (κ2) is 8.21. The Hall–Kier alpha value is -2.02. The molecular formula is C13H15NO5S. The Bertz CT molecular complexity index is 461. The molecular weight excluding hydrogens is 282 g/mol. The lowest BCUT2D eigenvalue weighted by Crippen LogP contribution is -2.40. The van der Waals surface area contributed by atoms with Gasteiger partial charge >= 0.3 is 11.9 Å². The number of aliphatic carboxylic acids is 2. The highest BCUT2D eigenvalue weighted by atomic mass is 32.2. The lowest BCUT2D eigenvalue weighted by atomic mass is 10.2. The third-order valence-corrected chi connectivity index (χ3v) is 3.33. The molecule has 7 heteroatoms. The van der Waals surface area contributed by atoms with Crippen LogP contribution in [0.2, 0.25) is 0 Å². The van der Waals surface area contributed by atoms with Crippen molar-refractivity contribution in [1.82, 2.24) is 4.90 Å². The van der Waals surface area contributed by atoms with Gasteiger partial charge in [-0.25, -0.2) is 0 Å². The van der Waals surface area contributed by atoms with E-state index in [2.05, 4.69) is 0 Å². The Morgan fingerprint density at radius 2 is 1.55 bits per heavy atom. The van der Waals surface area contributed by atoms with Crippen LogP contribution in [0.5, 0.6) is 0 Å². The van der Waals surface area contributed by atoms with Gasteiger partial charge in [-0.15, -0.1) is 11.8 Å². The third kappa shape index (κ3) is 6.24. The van der Waals surface area contributed by atoms with Gasteiger partial charge in [0.25, 0.3) is 0 Å². The second-order valence-corrected chi connectivity index (χ2v) is 5.00. The van der Waals surface area contributed by atoms with Crippen molar-refractivity contribution < 1.29 is 24.6 Å². The van der Waals surface area contributed by atoms with E-state index < -0.39 is 30.9 Å². The molecule has 0 bridgehead atoms. The number of carboxylic acid groups (broad SMARTS) is 2. The lowest BCUT2D eigenvalue weighted by Gasteiger charge is -2.18. The predicted molar refractivity (Wildman–Crippen MR) is 74.5 cm³/mol. The summed E-state index contributed by atoms with van der Waals surface area (Å²) < 4.78 is 0. The Kier molecular flexibility index (Phi) is 6.58. The number of amides is 1. The highest BCUT2D eigenvalue weighted by molar-refractivity contribution is 7.99. The summed E-state index contributed by atoms with van der Waals surface area (Å²) >= 11 is 1.32. The van der Waals surface area contributed by atoms with Gasteiger partial charge in [-0.3, -0.25) is 14.4 Å². The molecule has 108 valence electrons. The van der Waals surface area contributed by atoms with Gasteiger partial charge in [0.2, 0.25) is 5.91 Å². The molecule has 6 nitrogen and oxygen atoms in total. The topological polar surface area (TPSA) is 94.9 Å². The molecule has 1 rings (SSSR count). The molecule has 0 aliphatic carbocycles. The zero-order valence-corrected chi connectivity index (χ0v) is 11.5. The van der Waals surface area contributed by atoms with Crippen LogP contribution in [0.25, 0.3) is 0 Å². The summed E-state index contributed by atoms with van der Waals surface area (Å²) in [5.41, 5.74) is 1.05. The van der Waals surface area contributed by atoms with E-state index in [0.717, 1.165) is 10.5 Å². The van der Waals surface area contributed by atoms with Crippen molar-refractivity contribution in [3.63, 3.8) is 0 Å². The second-order valence-electron chi connectivity index (χ2n) is 4.02. The Morgan fingerprint density at radius 3 is 2.05 bits per heavy atom. The zero-order chi connectivity index (χ0) is 15.0. The van der Waals surface area contributed by atoms with Gasteiger partial charge in [0, 0.05) is 5.75 Å². The quantitative estimate of drug-likeness (QED) is 0.741. The number of carboxylic acids is 2. The minimum absolute atomic E-state index is 0.0510. The maximum atomic E-state index is 11.8. The summed E-state index contributed by atoms with van der Waals surface area (Å²) in [5, 5.41) is 17.3. The first-order chi connectivity index (χ1) is 9.49. The largest absolute Gasteiger partial charge is 0.480 e. The molecule has 0 radical (unpaired) electrons. The molecule has 0 atom stereocenters. The number of carbonyl (C=O) groups is 3. The number of benzene rings is 1. The van der Waals surface area contributed by atoms with E-state index in [-0.39, 0.29) is 5.75 Å². The molecule has 0 aromatic heterocycles. The number of thioether (sulfide) groups is 1. The summed E-state index contributed by atoms with van der Waals surface area (Å²) in [6, 6.07) is 9.51. The third-order valence-electron chi connectivity index (χ3n) is 2.34. The van der Waals surface area contributed by atoms with Crippen LogP contribution in [0.15, 0.2) is 30.3 Å². The van der Waals surface area contributed by atoms with Gasteiger partial charge in [0.1, 0.15) is 13.1 Å². The first kappa shape index (κ1) is 16.0. The smallest absolute Gasteiger partial charge is 0.323 e. The van der Waals surface area contributed by atoms with Gasteiger partial charge in [-0.05, 0) is 5.56 Å². The van der Waals surface area contributed by atoms with E-state index in [0.29, 0.717) is 5.75 Å². The molecule has 0 fully saturated rings. The van der Waals surface area contributed by atoms with Crippen molar-refractivity contribution in [2.24, 2.45) is 0 Å². The van der Waals surface area contributed by atoms with E-state index in [1.165, 1.54) is 11.8 Å². The van der Waals surface area contributed by atoms with Crippen molar-refractivity contribution in [3.05, 3.63) is 35.9 Å². The van der Waals surface area contributed by atoms with Gasteiger partial charge < -0.3 is 15.1 Å². The number of rotatable bonds is 8. The lowest BCUT2D eigenvalue weighted by molar-refractivity contribution is -0.148. The molecule has 1 aromatic rings. The van der Waals surface area contributed by atoms with Crippen LogP contribution in [0.4, 0.5) is 0 Å². The summed E-state index contributed by atoms with van der Waals surface area (Å²) in [6.45, 7) is -1.20. The minimum atomic E-state index is -1.23. The fourth-order valence-electron chi connectivity index (χ4n) is 1.48. The summed E-state index contributed by atoms with van der Waals surface area (Å²) in [5.74, 6) is -2.29. The van der Waals surface area contributed by atoms with Crippen molar-refractivity contribution in [2.75, 3.05) is 18.8 Å². The Balaban J connectivity index is 2.45. The van der Waals surface area contributed by atoms with E-state index in [1.54, 1.807) is 0 Å². The highest BCUT2D eigenvalue weighted by Crippen LogP contribution is 2.12. The predicted octanol–water partition coefficient (Wildman–Crippen LogP) is 0.918. The van der Waals surface area contributed by atoms with Crippen LogP contribution >= 0.6 is 11.8 Å². The maximum Gasteiger partial charge on any atom is 0.323 e. The molecule has 0 aliphatic heterocycles. The van der Waals surface area contributed by atoms with Gasteiger partial charge in [-0.1, -0.05) is 30.3 Å². The number of hydrogen-bond acceptors (Lipinski definition) is 4. The fraction of sp³-hybridized carbons (Fsp3) is 0.308. The normalized spacial score (nSPS) is 10.0. The van der Waals surface area contributed by atoms with Crippen LogP contribution < -0.4 is 0 Å². The van der Waals surface area contributed by atoms with E-state index in [9.17, 15) is 14.4 Å². The fourth-order valence-corrected chi connectivity index (χ4v) is 2.37. The molecule has 0 aliphatic rings. The molecule has 1 aromatic carbocycles. The molecule has 0 saturated carbocycles. The monoisotopic (exact) mass is 297 g/mol. The first-order valence-corrected chi connectivity index (χ1v) is 6.97. The van der Waals surface area contributed by atoms with Crippen LogP contribution in [-0.2, 0) is 20.1 Å². The molecule has 20 heavy (non-hydrogen) atoms. The SMILES string of the molecule is O=C(O)CN(CC(=O)O)C(=O)CSCc1ccccc1.